The van der Waals surface area contributed by atoms with E-state index in [0.29, 0.717) is 25.7 Å². The molecule has 2 aliphatic heterocycles. The maximum Gasteiger partial charge on any atom is 0.227 e. The number of piperazine rings is 1. The number of fused-ring (bicyclic) bond motifs is 1. The van der Waals surface area contributed by atoms with Gasteiger partial charge in [0.25, 0.3) is 0 Å². The summed E-state index contributed by atoms with van der Waals surface area (Å²) in [5.41, 5.74) is 1.03. The third-order valence-corrected chi connectivity index (χ3v) is 5.09. The van der Waals surface area contributed by atoms with Crippen molar-refractivity contribution in [3.8, 4) is 5.75 Å². The first kappa shape index (κ1) is 18.2. The summed E-state index contributed by atoms with van der Waals surface area (Å²) < 4.78 is 16.1. The Hall–Kier alpha value is -1.63. The molecule has 2 heterocycles. The largest absolute Gasteiger partial charge is 0.497 e. The molecule has 0 unspecified atom stereocenters. The summed E-state index contributed by atoms with van der Waals surface area (Å²) in [6.07, 6.45) is 1.71. The molecule has 3 rings (SSSR count). The molecule has 138 valence electrons. The number of hydrogen-bond donors (Lipinski definition) is 0. The number of benzene rings is 1. The number of ether oxygens (including phenoxy) is 3. The predicted molar refractivity (Wildman–Crippen MR) is 94.9 cm³/mol. The van der Waals surface area contributed by atoms with Crippen molar-refractivity contribution in [1.29, 1.82) is 0 Å². The molecule has 0 bridgehead atoms. The van der Waals surface area contributed by atoms with Crippen LogP contribution in [0.1, 0.15) is 12.0 Å². The Morgan fingerprint density at radius 1 is 1.12 bits per heavy atom. The molecule has 0 saturated carbocycles. The summed E-state index contributed by atoms with van der Waals surface area (Å²) in [5.74, 6) is 1.02. The molecule has 0 aromatic heterocycles. The molecule has 1 aromatic rings. The van der Waals surface area contributed by atoms with E-state index < -0.39 is 0 Å². The molecule has 2 saturated heterocycles. The topological polar surface area (TPSA) is 51.2 Å². The van der Waals surface area contributed by atoms with Gasteiger partial charge in [0.2, 0.25) is 5.91 Å². The van der Waals surface area contributed by atoms with Gasteiger partial charge in [-0.05, 0) is 24.1 Å². The zero-order valence-corrected chi connectivity index (χ0v) is 15.1. The number of nitrogens with zero attached hydrogens (tertiary/aromatic N) is 2. The zero-order valence-electron chi connectivity index (χ0n) is 15.1. The lowest BCUT2D eigenvalue weighted by Crippen LogP contribution is -2.52. The van der Waals surface area contributed by atoms with E-state index in [1.165, 1.54) is 0 Å². The van der Waals surface area contributed by atoms with Gasteiger partial charge in [0.05, 0.1) is 32.8 Å². The average Bonchev–Trinajstić information content (AvgIpc) is 3.04. The van der Waals surface area contributed by atoms with Crippen LogP contribution in [0, 0.1) is 0 Å². The van der Waals surface area contributed by atoms with Gasteiger partial charge >= 0.3 is 0 Å². The summed E-state index contributed by atoms with van der Waals surface area (Å²) in [6, 6.07) is 8.14. The first-order valence-corrected chi connectivity index (χ1v) is 8.95. The van der Waals surface area contributed by atoms with Crippen LogP contribution in [-0.2, 0) is 20.7 Å². The molecule has 1 aromatic carbocycles. The van der Waals surface area contributed by atoms with Crippen LogP contribution in [0.3, 0.4) is 0 Å². The number of carbonyl (C=O) groups excluding carboxylic acids is 1. The highest BCUT2D eigenvalue weighted by molar-refractivity contribution is 5.79. The fourth-order valence-corrected chi connectivity index (χ4v) is 3.67. The summed E-state index contributed by atoms with van der Waals surface area (Å²) in [6.45, 7) is 4.78. The molecule has 2 fully saturated rings. The Bertz CT molecular complexity index is 563. The molecular weight excluding hydrogens is 320 g/mol. The Labute approximate surface area is 149 Å². The number of amides is 1. The Kier molecular flexibility index (Phi) is 6.29. The van der Waals surface area contributed by atoms with E-state index in [0.717, 1.165) is 43.9 Å². The first-order valence-electron chi connectivity index (χ1n) is 8.95. The maximum absolute atomic E-state index is 12.6. The van der Waals surface area contributed by atoms with Crippen molar-refractivity contribution in [3.05, 3.63) is 29.8 Å². The van der Waals surface area contributed by atoms with Crippen molar-refractivity contribution >= 4 is 5.91 Å². The summed E-state index contributed by atoms with van der Waals surface area (Å²) in [5, 5.41) is 0. The van der Waals surface area contributed by atoms with Crippen LogP contribution in [-0.4, -0.2) is 81.5 Å². The van der Waals surface area contributed by atoms with Gasteiger partial charge in [0.1, 0.15) is 5.75 Å². The number of hydrogen-bond acceptors (Lipinski definition) is 5. The van der Waals surface area contributed by atoms with Crippen LogP contribution < -0.4 is 4.74 Å². The molecule has 2 atom stereocenters. The van der Waals surface area contributed by atoms with Gasteiger partial charge < -0.3 is 19.1 Å². The molecule has 25 heavy (non-hydrogen) atoms. The van der Waals surface area contributed by atoms with E-state index in [9.17, 15) is 4.79 Å². The lowest BCUT2D eigenvalue weighted by Gasteiger charge is -2.37. The van der Waals surface area contributed by atoms with E-state index in [-0.39, 0.29) is 12.0 Å². The summed E-state index contributed by atoms with van der Waals surface area (Å²) in [4.78, 5) is 17.1. The Morgan fingerprint density at radius 3 is 2.64 bits per heavy atom. The van der Waals surface area contributed by atoms with Crippen molar-refractivity contribution in [2.75, 3.05) is 53.6 Å². The van der Waals surface area contributed by atoms with Crippen LogP contribution in [0.25, 0.3) is 0 Å². The summed E-state index contributed by atoms with van der Waals surface area (Å²) in [7, 11) is 3.33. The smallest absolute Gasteiger partial charge is 0.227 e. The van der Waals surface area contributed by atoms with Gasteiger partial charge in [0, 0.05) is 39.3 Å². The average molecular weight is 348 g/mol. The highest BCUT2D eigenvalue weighted by Crippen LogP contribution is 2.24. The van der Waals surface area contributed by atoms with Crippen LogP contribution in [0.5, 0.6) is 5.75 Å². The molecule has 6 heteroatoms. The second-order valence-corrected chi connectivity index (χ2v) is 6.73. The summed E-state index contributed by atoms with van der Waals surface area (Å²) >= 11 is 0. The minimum absolute atomic E-state index is 0.202. The monoisotopic (exact) mass is 348 g/mol. The third-order valence-electron chi connectivity index (χ3n) is 5.09. The van der Waals surface area contributed by atoms with Crippen LogP contribution >= 0.6 is 0 Å². The van der Waals surface area contributed by atoms with Crippen molar-refractivity contribution in [2.45, 2.75) is 25.0 Å². The van der Waals surface area contributed by atoms with E-state index >= 15 is 0 Å². The standard InChI is InChI=1S/C19H28N2O4/c1-23-9-10-25-18-12-16-13-21(8-7-20(16)14-18)19(22)11-15-3-5-17(24-2)6-4-15/h3-6,16,18H,7-14H2,1-2H3/t16-,18+/m0/s1. The lowest BCUT2D eigenvalue weighted by atomic mass is 10.1. The number of carbonyl (C=O) groups is 1. The van der Waals surface area contributed by atoms with Gasteiger partial charge in [-0.1, -0.05) is 12.1 Å². The van der Waals surface area contributed by atoms with Crippen LogP contribution in [0.2, 0.25) is 0 Å². The highest BCUT2D eigenvalue weighted by atomic mass is 16.5. The number of rotatable bonds is 7. The zero-order chi connectivity index (χ0) is 17.6. The normalized spacial score (nSPS) is 23.5. The lowest BCUT2D eigenvalue weighted by molar-refractivity contribution is -0.133. The highest BCUT2D eigenvalue weighted by Gasteiger charge is 2.37. The van der Waals surface area contributed by atoms with Gasteiger partial charge in [0.15, 0.2) is 0 Å². The maximum atomic E-state index is 12.6. The fourth-order valence-electron chi connectivity index (χ4n) is 3.67. The fraction of sp³-hybridized carbons (Fsp3) is 0.632. The minimum Gasteiger partial charge on any atom is -0.497 e. The molecule has 0 spiro atoms. The molecule has 6 nitrogen and oxygen atoms in total. The van der Waals surface area contributed by atoms with E-state index in [1.807, 2.05) is 29.2 Å². The van der Waals surface area contributed by atoms with Crippen molar-refractivity contribution < 1.29 is 19.0 Å². The predicted octanol–water partition coefficient (Wildman–Crippen LogP) is 1.19. The molecule has 2 aliphatic rings. The molecule has 1 amide bonds. The molecule has 0 aliphatic carbocycles. The minimum atomic E-state index is 0.202. The second-order valence-electron chi connectivity index (χ2n) is 6.73. The van der Waals surface area contributed by atoms with Crippen molar-refractivity contribution in [2.24, 2.45) is 0 Å². The van der Waals surface area contributed by atoms with Gasteiger partial charge in [-0.25, -0.2) is 0 Å². The molecule has 0 N–H and O–H groups in total. The van der Waals surface area contributed by atoms with Gasteiger partial charge in [-0.2, -0.15) is 0 Å². The van der Waals surface area contributed by atoms with Crippen molar-refractivity contribution in [3.63, 3.8) is 0 Å². The SMILES string of the molecule is COCCO[C@@H]1C[C@H]2CN(C(=O)Cc3ccc(OC)cc3)CCN2C1. The van der Waals surface area contributed by atoms with Crippen molar-refractivity contribution in [1.82, 2.24) is 9.80 Å². The Morgan fingerprint density at radius 2 is 1.92 bits per heavy atom. The molecular formula is C19H28N2O4. The number of methoxy groups -OCH3 is 2. The quantitative estimate of drug-likeness (QED) is 0.693. The van der Waals surface area contributed by atoms with E-state index in [2.05, 4.69) is 4.90 Å². The first-order chi connectivity index (χ1) is 12.2. The second kappa shape index (κ2) is 8.65. The van der Waals surface area contributed by atoms with Crippen LogP contribution in [0.15, 0.2) is 24.3 Å². The third kappa shape index (κ3) is 4.71. The van der Waals surface area contributed by atoms with Gasteiger partial charge in [-0.15, -0.1) is 0 Å². The molecule has 0 radical (unpaired) electrons. The van der Waals surface area contributed by atoms with Gasteiger partial charge in [-0.3, -0.25) is 9.69 Å². The Balaban J connectivity index is 1.48. The van der Waals surface area contributed by atoms with E-state index in [4.69, 9.17) is 14.2 Å². The van der Waals surface area contributed by atoms with E-state index in [1.54, 1.807) is 14.2 Å². The van der Waals surface area contributed by atoms with Crippen LogP contribution in [0.4, 0.5) is 0 Å².